The van der Waals surface area contributed by atoms with Crippen molar-refractivity contribution in [2.24, 2.45) is 0 Å². The number of aromatic nitrogens is 1. The van der Waals surface area contributed by atoms with Crippen molar-refractivity contribution in [2.45, 2.75) is 0 Å². The molecule has 2 aromatic rings. The van der Waals surface area contributed by atoms with Gasteiger partial charge >= 0.3 is 0 Å². The molecular weight excluding hydrogens is 231 g/mol. The van der Waals surface area contributed by atoms with E-state index < -0.39 is 5.95 Å². The minimum atomic E-state index is -0.741. The molecule has 0 radical (unpaired) electrons. The Kier molecular flexibility index (Phi) is 3.64. The summed E-state index contributed by atoms with van der Waals surface area (Å²) in [5.41, 5.74) is 0.447. The molecular formula is C11H8ClFN2O. The monoisotopic (exact) mass is 238 g/mol. The Balaban J connectivity index is 0.00000128. The lowest BCUT2D eigenvalue weighted by Crippen LogP contribution is -1.91. The molecule has 0 fully saturated rings. The molecule has 0 amide bonds. The van der Waals surface area contributed by atoms with E-state index in [-0.39, 0.29) is 18.0 Å². The lowest BCUT2D eigenvalue weighted by Gasteiger charge is -2.02. The van der Waals surface area contributed by atoms with E-state index in [2.05, 4.69) is 4.98 Å². The first-order valence-electron chi connectivity index (χ1n) is 4.29. The Morgan fingerprint density at radius 1 is 1.38 bits per heavy atom. The summed E-state index contributed by atoms with van der Waals surface area (Å²) in [7, 11) is 1.54. The minimum Gasteiger partial charge on any atom is -0.497 e. The molecule has 3 nitrogen and oxygen atoms in total. The van der Waals surface area contributed by atoms with Crippen molar-refractivity contribution in [1.82, 2.24) is 4.98 Å². The smallest absolute Gasteiger partial charge is 0.231 e. The topological polar surface area (TPSA) is 45.9 Å². The second kappa shape index (κ2) is 4.77. The Labute approximate surface area is 97.9 Å². The van der Waals surface area contributed by atoms with Gasteiger partial charge in [-0.3, -0.25) is 0 Å². The van der Waals surface area contributed by atoms with Crippen LogP contribution in [0.3, 0.4) is 0 Å². The van der Waals surface area contributed by atoms with Crippen molar-refractivity contribution >= 4 is 23.3 Å². The predicted octanol–water partition coefficient (Wildman–Crippen LogP) is 2.68. The van der Waals surface area contributed by atoms with Gasteiger partial charge in [-0.1, -0.05) is 0 Å². The highest BCUT2D eigenvalue weighted by Gasteiger charge is 2.06. The molecule has 2 rings (SSSR count). The number of rotatable bonds is 1. The van der Waals surface area contributed by atoms with Crippen LogP contribution < -0.4 is 4.74 Å². The second-order valence-corrected chi connectivity index (χ2v) is 3.00. The summed E-state index contributed by atoms with van der Waals surface area (Å²) < 4.78 is 18.2. The standard InChI is InChI=1S/C11H7FN2O.ClH/c1-15-9-2-3-10-7(5-9)4-8(6-13)11(12)14-10;/h2-5H,1H3;1H. The van der Waals surface area contributed by atoms with Crippen LogP contribution in [0.2, 0.25) is 0 Å². The van der Waals surface area contributed by atoms with Crippen LogP contribution in [-0.4, -0.2) is 12.1 Å². The summed E-state index contributed by atoms with van der Waals surface area (Å²) in [5.74, 6) is -0.0880. The molecule has 82 valence electrons. The molecule has 0 atom stereocenters. The van der Waals surface area contributed by atoms with E-state index in [1.54, 1.807) is 31.4 Å². The Morgan fingerprint density at radius 2 is 2.12 bits per heavy atom. The lowest BCUT2D eigenvalue weighted by molar-refractivity contribution is 0.415. The zero-order valence-electron chi connectivity index (χ0n) is 8.40. The number of fused-ring (bicyclic) bond motifs is 1. The zero-order chi connectivity index (χ0) is 10.8. The van der Waals surface area contributed by atoms with Crippen molar-refractivity contribution in [3.63, 3.8) is 0 Å². The first-order chi connectivity index (χ1) is 7.24. The van der Waals surface area contributed by atoms with Crippen LogP contribution in [0.15, 0.2) is 24.3 Å². The molecule has 0 saturated heterocycles. The molecule has 1 heterocycles. The molecule has 0 N–H and O–H groups in total. The van der Waals surface area contributed by atoms with Crippen molar-refractivity contribution in [2.75, 3.05) is 7.11 Å². The molecule has 0 spiro atoms. The third-order valence-electron chi connectivity index (χ3n) is 2.10. The number of pyridine rings is 1. The van der Waals surface area contributed by atoms with Crippen LogP contribution in [0.1, 0.15) is 5.56 Å². The molecule has 0 bridgehead atoms. The Morgan fingerprint density at radius 3 is 2.75 bits per heavy atom. The van der Waals surface area contributed by atoms with Crippen molar-refractivity contribution in [3.8, 4) is 11.8 Å². The van der Waals surface area contributed by atoms with Gasteiger partial charge in [-0.15, -0.1) is 12.4 Å². The number of nitriles is 1. The van der Waals surface area contributed by atoms with Crippen LogP contribution in [-0.2, 0) is 0 Å². The van der Waals surface area contributed by atoms with Crippen molar-refractivity contribution < 1.29 is 9.13 Å². The maximum Gasteiger partial charge on any atom is 0.231 e. The highest BCUT2D eigenvalue weighted by atomic mass is 35.5. The van der Waals surface area contributed by atoms with Gasteiger partial charge in [0.15, 0.2) is 0 Å². The normalized spacial score (nSPS) is 9.31. The van der Waals surface area contributed by atoms with Gasteiger partial charge in [-0.25, -0.2) is 4.98 Å². The molecule has 5 heteroatoms. The van der Waals surface area contributed by atoms with E-state index in [9.17, 15) is 4.39 Å². The largest absolute Gasteiger partial charge is 0.497 e. The Hall–Kier alpha value is -1.86. The quantitative estimate of drug-likeness (QED) is 0.718. The summed E-state index contributed by atoms with van der Waals surface area (Å²) in [6, 6.07) is 8.26. The van der Waals surface area contributed by atoms with Crippen LogP contribution in [0.5, 0.6) is 5.75 Å². The number of benzene rings is 1. The van der Waals surface area contributed by atoms with E-state index in [0.29, 0.717) is 16.7 Å². The third kappa shape index (κ3) is 2.05. The van der Waals surface area contributed by atoms with Gasteiger partial charge in [0, 0.05) is 5.39 Å². The molecule has 1 aromatic heterocycles. The SMILES string of the molecule is COc1ccc2nc(F)c(C#N)cc2c1.Cl. The van der Waals surface area contributed by atoms with E-state index >= 15 is 0 Å². The summed E-state index contributed by atoms with van der Waals surface area (Å²) in [6.45, 7) is 0. The van der Waals surface area contributed by atoms with Gasteiger partial charge in [0.05, 0.1) is 12.6 Å². The molecule has 16 heavy (non-hydrogen) atoms. The van der Waals surface area contributed by atoms with E-state index in [1.165, 1.54) is 6.07 Å². The fraction of sp³-hybridized carbons (Fsp3) is 0.0909. The fourth-order valence-electron chi connectivity index (χ4n) is 1.34. The Bertz CT molecular complexity index is 566. The van der Waals surface area contributed by atoms with Gasteiger partial charge in [-0.2, -0.15) is 9.65 Å². The van der Waals surface area contributed by atoms with Gasteiger partial charge in [-0.05, 0) is 24.3 Å². The van der Waals surface area contributed by atoms with E-state index in [0.717, 1.165) is 0 Å². The highest BCUT2D eigenvalue weighted by Crippen LogP contribution is 2.21. The van der Waals surface area contributed by atoms with Crippen LogP contribution in [0.4, 0.5) is 4.39 Å². The first-order valence-corrected chi connectivity index (χ1v) is 4.29. The molecule has 0 saturated carbocycles. The number of methoxy groups -OCH3 is 1. The van der Waals surface area contributed by atoms with Crippen LogP contribution in [0.25, 0.3) is 10.9 Å². The van der Waals surface area contributed by atoms with Crippen LogP contribution in [0, 0.1) is 17.3 Å². The lowest BCUT2D eigenvalue weighted by atomic mass is 10.1. The third-order valence-corrected chi connectivity index (χ3v) is 2.10. The van der Waals surface area contributed by atoms with Gasteiger partial charge < -0.3 is 4.74 Å². The maximum atomic E-state index is 13.1. The van der Waals surface area contributed by atoms with Gasteiger partial charge in [0.2, 0.25) is 5.95 Å². The first kappa shape index (κ1) is 12.2. The number of nitrogens with zero attached hydrogens (tertiary/aromatic N) is 2. The summed E-state index contributed by atoms with van der Waals surface area (Å²) in [5, 5.41) is 9.33. The molecule has 0 aliphatic heterocycles. The summed E-state index contributed by atoms with van der Waals surface area (Å²) >= 11 is 0. The molecule has 1 aromatic carbocycles. The predicted molar refractivity (Wildman–Crippen MR) is 60.2 cm³/mol. The minimum absolute atomic E-state index is 0. The average Bonchev–Trinajstić information content (AvgIpc) is 2.27. The molecule has 0 unspecified atom stereocenters. The maximum absolute atomic E-state index is 13.1. The van der Waals surface area contributed by atoms with Gasteiger partial charge in [0.25, 0.3) is 0 Å². The highest BCUT2D eigenvalue weighted by molar-refractivity contribution is 5.85. The second-order valence-electron chi connectivity index (χ2n) is 3.00. The fourth-order valence-corrected chi connectivity index (χ4v) is 1.34. The number of hydrogen-bond acceptors (Lipinski definition) is 3. The summed E-state index contributed by atoms with van der Waals surface area (Å²) in [4.78, 5) is 3.68. The van der Waals surface area contributed by atoms with Crippen LogP contribution >= 0.6 is 12.4 Å². The summed E-state index contributed by atoms with van der Waals surface area (Å²) in [6.07, 6.45) is 0. The van der Waals surface area contributed by atoms with Crippen molar-refractivity contribution in [3.05, 3.63) is 35.8 Å². The van der Waals surface area contributed by atoms with Crippen molar-refractivity contribution in [1.29, 1.82) is 5.26 Å². The number of halogens is 2. The zero-order valence-corrected chi connectivity index (χ0v) is 9.21. The van der Waals surface area contributed by atoms with Gasteiger partial charge in [0.1, 0.15) is 17.4 Å². The molecule has 0 aliphatic rings. The number of hydrogen-bond donors (Lipinski definition) is 0. The van der Waals surface area contributed by atoms with E-state index in [4.69, 9.17) is 10.00 Å². The number of ether oxygens (including phenoxy) is 1. The molecule has 0 aliphatic carbocycles. The average molecular weight is 239 g/mol. The van der Waals surface area contributed by atoms with E-state index in [1.807, 2.05) is 0 Å².